The summed E-state index contributed by atoms with van der Waals surface area (Å²) in [5, 5.41) is 16.6. The minimum atomic E-state index is -0.185. The molecule has 0 radical (unpaired) electrons. The first kappa shape index (κ1) is 14.1. The van der Waals surface area contributed by atoms with Gasteiger partial charge in [0.1, 0.15) is 0 Å². The molecule has 6 nitrogen and oxygen atoms in total. The third-order valence-corrected chi connectivity index (χ3v) is 2.06. The van der Waals surface area contributed by atoms with Crippen LogP contribution in [0.25, 0.3) is 0 Å². The van der Waals surface area contributed by atoms with E-state index in [0.29, 0.717) is 17.9 Å². The predicted molar refractivity (Wildman–Crippen MR) is 69.3 cm³/mol. The molecule has 0 atom stereocenters. The molecule has 0 aliphatic rings. The van der Waals surface area contributed by atoms with Crippen molar-refractivity contribution in [3.8, 4) is 0 Å². The van der Waals surface area contributed by atoms with Crippen molar-refractivity contribution in [3.63, 3.8) is 0 Å². The number of aliphatic hydroxyl groups is 1. The van der Waals surface area contributed by atoms with Crippen LogP contribution in [0.2, 0.25) is 0 Å². The number of anilines is 2. The Bertz CT molecular complexity index is 404. The first-order valence-electron chi connectivity index (χ1n) is 5.61. The Kier molecular flexibility index (Phi) is 5.83. The fourth-order valence-corrected chi connectivity index (χ4v) is 1.33. The number of hydrogen-bond acceptors (Lipinski definition) is 4. The van der Waals surface area contributed by atoms with Crippen LogP contribution in [0.15, 0.2) is 24.3 Å². The van der Waals surface area contributed by atoms with Gasteiger partial charge in [-0.1, -0.05) is 0 Å². The Morgan fingerprint density at radius 1 is 1.11 bits per heavy atom. The molecule has 1 rings (SSSR count). The average Bonchev–Trinajstić information content (AvgIpc) is 2.31. The highest BCUT2D eigenvalue weighted by atomic mass is 16.3. The minimum Gasteiger partial charge on any atom is -0.395 e. The van der Waals surface area contributed by atoms with Gasteiger partial charge < -0.3 is 21.1 Å². The topological polar surface area (TPSA) is 90.5 Å². The van der Waals surface area contributed by atoms with Gasteiger partial charge in [0, 0.05) is 24.8 Å². The van der Waals surface area contributed by atoms with Crippen molar-refractivity contribution in [2.75, 3.05) is 30.3 Å². The van der Waals surface area contributed by atoms with Crippen LogP contribution < -0.4 is 16.0 Å². The number of aliphatic hydroxyl groups excluding tert-OH is 1. The summed E-state index contributed by atoms with van der Waals surface area (Å²) in [6.45, 7) is 1.96. The van der Waals surface area contributed by atoms with Gasteiger partial charge in [0.2, 0.25) is 11.8 Å². The molecule has 0 aromatic heterocycles. The molecule has 0 aliphatic heterocycles. The third-order valence-electron chi connectivity index (χ3n) is 2.06. The highest BCUT2D eigenvalue weighted by Crippen LogP contribution is 2.13. The molecule has 1 aromatic carbocycles. The smallest absolute Gasteiger partial charge is 0.238 e. The molecular formula is C12H17N3O3. The zero-order chi connectivity index (χ0) is 13.4. The highest BCUT2D eigenvalue weighted by molar-refractivity contribution is 5.93. The maximum Gasteiger partial charge on any atom is 0.238 e. The van der Waals surface area contributed by atoms with E-state index in [1.165, 1.54) is 6.92 Å². The molecule has 1 aromatic rings. The summed E-state index contributed by atoms with van der Waals surface area (Å²) in [4.78, 5) is 22.2. The molecule has 18 heavy (non-hydrogen) atoms. The van der Waals surface area contributed by atoms with Crippen molar-refractivity contribution in [2.24, 2.45) is 0 Å². The number of nitrogens with one attached hydrogen (secondary N) is 3. The van der Waals surface area contributed by atoms with E-state index < -0.39 is 0 Å². The summed E-state index contributed by atoms with van der Waals surface area (Å²) >= 11 is 0. The molecule has 0 fully saturated rings. The molecule has 0 heterocycles. The molecule has 0 unspecified atom stereocenters. The fraction of sp³-hybridized carbons (Fsp3) is 0.333. The van der Waals surface area contributed by atoms with Gasteiger partial charge in [-0.3, -0.25) is 9.59 Å². The standard InChI is InChI=1S/C12H17N3O3/c1-9(17)14-10-2-4-11(5-3-10)15-12(18)8-13-6-7-16/h2-5,13,16H,6-8H2,1H3,(H,14,17)(H,15,18). The molecule has 2 amide bonds. The van der Waals surface area contributed by atoms with E-state index in [4.69, 9.17) is 5.11 Å². The van der Waals surface area contributed by atoms with Gasteiger partial charge in [-0.15, -0.1) is 0 Å². The van der Waals surface area contributed by atoms with E-state index in [-0.39, 0.29) is 25.0 Å². The Morgan fingerprint density at radius 2 is 1.67 bits per heavy atom. The summed E-state index contributed by atoms with van der Waals surface area (Å²) in [5.74, 6) is -0.323. The largest absolute Gasteiger partial charge is 0.395 e. The quantitative estimate of drug-likeness (QED) is 0.542. The van der Waals surface area contributed by atoms with Crippen molar-refractivity contribution >= 4 is 23.2 Å². The van der Waals surface area contributed by atoms with Crippen LogP contribution in [0.3, 0.4) is 0 Å². The maximum absolute atomic E-state index is 11.4. The minimum absolute atomic E-state index is 0.00130. The van der Waals surface area contributed by atoms with Crippen molar-refractivity contribution in [2.45, 2.75) is 6.92 Å². The maximum atomic E-state index is 11.4. The number of amides is 2. The van der Waals surface area contributed by atoms with Crippen LogP contribution in [-0.2, 0) is 9.59 Å². The van der Waals surface area contributed by atoms with Gasteiger partial charge >= 0.3 is 0 Å². The molecule has 0 bridgehead atoms. The number of carbonyl (C=O) groups excluding carboxylic acids is 2. The second kappa shape index (κ2) is 7.41. The zero-order valence-electron chi connectivity index (χ0n) is 10.2. The van der Waals surface area contributed by atoms with E-state index in [2.05, 4.69) is 16.0 Å². The lowest BCUT2D eigenvalue weighted by Gasteiger charge is -2.07. The Morgan fingerprint density at radius 3 is 2.17 bits per heavy atom. The second-order valence-electron chi connectivity index (χ2n) is 3.71. The van der Waals surface area contributed by atoms with Crippen LogP contribution in [0.4, 0.5) is 11.4 Å². The first-order chi connectivity index (χ1) is 8.61. The Labute approximate surface area is 105 Å². The van der Waals surface area contributed by atoms with Crippen molar-refractivity contribution < 1.29 is 14.7 Å². The Balaban J connectivity index is 2.43. The van der Waals surface area contributed by atoms with E-state index >= 15 is 0 Å². The molecule has 0 saturated heterocycles. The van der Waals surface area contributed by atoms with Gasteiger partial charge in [0.05, 0.1) is 13.2 Å². The lowest BCUT2D eigenvalue weighted by Crippen LogP contribution is -2.29. The molecule has 6 heteroatoms. The van der Waals surface area contributed by atoms with Gasteiger partial charge in [-0.25, -0.2) is 0 Å². The zero-order valence-corrected chi connectivity index (χ0v) is 10.2. The van der Waals surface area contributed by atoms with Gasteiger partial charge in [-0.05, 0) is 24.3 Å². The van der Waals surface area contributed by atoms with Crippen LogP contribution in [-0.4, -0.2) is 36.6 Å². The molecule has 4 N–H and O–H groups in total. The van der Waals surface area contributed by atoms with Crippen LogP contribution in [0, 0.1) is 0 Å². The van der Waals surface area contributed by atoms with E-state index in [1.807, 2.05) is 0 Å². The lowest BCUT2D eigenvalue weighted by molar-refractivity contribution is -0.115. The molecule has 0 saturated carbocycles. The van der Waals surface area contributed by atoms with Crippen molar-refractivity contribution in [1.29, 1.82) is 0 Å². The summed E-state index contributed by atoms with van der Waals surface area (Å²) in [6, 6.07) is 6.82. The van der Waals surface area contributed by atoms with Crippen LogP contribution in [0.5, 0.6) is 0 Å². The van der Waals surface area contributed by atoms with E-state index in [9.17, 15) is 9.59 Å². The lowest BCUT2D eigenvalue weighted by atomic mass is 10.2. The monoisotopic (exact) mass is 251 g/mol. The molecule has 0 aliphatic carbocycles. The van der Waals surface area contributed by atoms with Crippen LogP contribution >= 0.6 is 0 Å². The highest BCUT2D eigenvalue weighted by Gasteiger charge is 2.01. The van der Waals surface area contributed by atoms with Crippen molar-refractivity contribution in [1.82, 2.24) is 5.32 Å². The fourth-order valence-electron chi connectivity index (χ4n) is 1.33. The number of rotatable bonds is 6. The summed E-state index contributed by atoms with van der Waals surface area (Å²) in [5.41, 5.74) is 1.33. The molecule has 98 valence electrons. The predicted octanol–water partition coefficient (Wildman–Crippen LogP) is 0.165. The van der Waals surface area contributed by atoms with E-state index in [1.54, 1.807) is 24.3 Å². The van der Waals surface area contributed by atoms with Gasteiger partial charge in [0.15, 0.2) is 0 Å². The number of benzene rings is 1. The summed E-state index contributed by atoms with van der Waals surface area (Å²) in [7, 11) is 0. The second-order valence-corrected chi connectivity index (χ2v) is 3.71. The Hall–Kier alpha value is -1.92. The van der Waals surface area contributed by atoms with Crippen LogP contribution in [0.1, 0.15) is 6.92 Å². The van der Waals surface area contributed by atoms with Gasteiger partial charge in [-0.2, -0.15) is 0 Å². The number of carbonyl (C=O) groups is 2. The average molecular weight is 251 g/mol. The molecule has 0 spiro atoms. The normalized spacial score (nSPS) is 9.89. The summed E-state index contributed by atoms with van der Waals surface area (Å²) in [6.07, 6.45) is 0. The summed E-state index contributed by atoms with van der Waals surface area (Å²) < 4.78 is 0. The van der Waals surface area contributed by atoms with Crippen molar-refractivity contribution in [3.05, 3.63) is 24.3 Å². The van der Waals surface area contributed by atoms with E-state index in [0.717, 1.165) is 0 Å². The number of hydrogen-bond donors (Lipinski definition) is 4. The third kappa shape index (κ3) is 5.42. The SMILES string of the molecule is CC(=O)Nc1ccc(NC(=O)CNCCO)cc1. The first-order valence-corrected chi connectivity index (χ1v) is 5.61. The molecular weight excluding hydrogens is 234 g/mol. The van der Waals surface area contributed by atoms with Gasteiger partial charge in [0.25, 0.3) is 0 Å².